The number of carbonyl (C=O) groups is 3. The third-order valence-corrected chi connectivity index (χ3v) is 5.34. The molecule has 1 atom stereocenters. The number of carbonyl (C=O) groups excluding carboxylic acids is 3. The molecule has 3 amide bonds. The fourth-order valence-electron chi connectivity index (χ4n) is 3.77. The molecule has 0 spiro atoms. The van der Waals surface area contributed by atoms with E-state index in [0.29, 0.717) is 25.2 Å². The van der Waals surface area contributed by atoms with Crippen molar-refractivity contribution in [2.75, 3.05) is 28.2 Å². The topological polar surface area (TPSA) is 69.7 Å². The van der Waals surface area contributed by atoms with Crippen LogP contribution in [-0.2, 0) is 14.4 Å². The van der Waals surface area contributed by atoms with Gasteiger partial charge in [0.1, 0.15) is 0 Å². The second-order valence-corrected chi connectivity index (χ2v) is 7.43. The molecule has 4 rings (SSSR count). The van der Waals surface area contributed by atoms with Crippen LogP contribution in [-0.4, -0.2) is 30.8 Å². The highest BCUT2D eigenvalue weighted by Gasteiger charge is 2.35. The fourth-order valence-corrected chi connectivity index (χ4v) is 3.77. The molecule has 2 aliphatic rings. The first-order valence-corrected chi connectivity index (χ1v) is 9.59. The quantitative estimate of drug-likeness (QED) is 0.890. The minimum absolute atomic E-state index is 0.0413. The maximum Gasteiger partial charge on any atom is 0.229 e. The standard InChI is InChI=1S/C22H23N3O3/c1-15-7-9-18(10-8-15)25-14-16(12-21(25)27)22(28)23-17-4-2-5-19(13-17)24-11-3-6-20(24)26/h2,4-5,7-10,13,16H,3,6,11-12,14H2,1H3,(H,23,28). The van der Waals surface area contributed by atoms with Gasteiger partial charge in [-0.05, 0) is 43.7 Å². The zero-order chi connectivity index (χ0) is 19.7. The summed E-state index contributed by atoms with van der Waals surface area (Å²) >= 11 is 0. The second kappa shape index (κ2) is 7.46. The van der Waals surface area contributed by atoms with Crippen molar-refractivity contribution in [3.05, 3.63) is 54.1 Å². The van der Waals surface area contributed by atoms with Crippen LogP contribution in [0.3, 0.4) is 0 Å². The Balaban J connectivity index is 1.43. The fraction of sp³-hybridized carbons (Fsp3) is 0.318. The molecule has 28 heavy (non-hydrogen) atoms. The first-order chi connectivity index (χ1) is 13.5. The first kappa shape index (κ1) is 18.2. The van der Waals surface area contributed by atoms with Gasteiger partial charge in [-0.3, -0.25) is 14.4 Å². The molecule has 2 saturated heterocycles. The predicted molar refractivity (Wildman–Crippen MR) is 108 cm³/mol. The van der Waals surface area contributed by atoms with Crippen molar-refractivity contribution >= 4 is 34.8 Å². The summed E-state index contributed by atoms with van der Waals surface area (Å²) in [4.78, 5) is 40.5. The molecule has 6 heteroatoms. The smallest absolute Gasteiger partial charge is 0.229 e. The number of nitrogens with one attached hydrogen (secondary N) is 1. The van der Waals surface area contributed by atoms with E-state index in [2.05, 4.69) is 5.32 Å². The summed E-state index contributed by atoms with van der Waals surface area (Å²) in [6.07, 6.45) is 1.62. The van der Waals surface area contributed by atoms with E-state index < -0.39 is 5.92 Å². The number of rotatable bonds is 4. The molecule has 2 aromatic rings. The lowest BCUT2D eigenvalue weighted by Crippen LogP contribution is -2.28. The summed E-state index contributed by atoms with van der Waals surface area (Å²) in [7, 11) is 0. The minimum atomic E-state index is -0.397. The number of nitrogens with zero attached hydrogens (tertiary/aromatic N) is 2. The van der Waals surface area contributed by atoms with Crippen molar-refractivity contribution in [1.29, 1.82) is 0 Å². The maximum absolute atomic E-state index is 12.7. The molecule has 0 radical (unpaired) electrons. The molecule has 2 aromatic carbocycles. The van der Waals surface area contributed by atoms with E-state index in [9.17, 15) is 14.4 Å². The Morgan fingerprint density at radius 2 is 1.79 bits per heavy atom. The van der Waals surface area contributed by atoms with Gasteiger partial charge in [0.2, 0.25) is 17.7 Å². The monoisotopic (exact) mass is 377 g/mol. The van der Waals surface area contributed by atoms with Crippen LogP contribution in [0.2, 0.25) is 0 Å². The highest BCUT2D eigenvalue weighted by molar-refractivity contribution is 6.04. The number of anilines is 3. The molecule has 1 N–H and O–H groups in total. The summed E-state index contributed by atoms with van der Waals surface area (Å²) in [5.41, 5.74) is 3.38. The Morgan fingerprint density at radius 3 is 2.50 bits per heavy atom. The Kier molecular flexibility index (Phi) is 4.86. The Labute approximate surface area is 164 Å². The van der Waals surface area contributed by atoms with Crippen LogP contribution in [0.15, 0.2) is 48.5 Å². The average molecular weight is 377 g/mol. The molecule has 144 valence electrons. The van der Waals surface area contributed by atoms with Gasteiger partial charge in [0.15, 0.2) is 0 Å². The van der Waals surface area contributed by atoms with Gasteiger partial charge >= 0.3 is 0 Å². The molecular formula is C22H23N3O3. The summed E-state index contributed by atoms with van der Waals surface area (Å²) in [5, 5.41) is 2.91. The zero-order valence-electron chi connectivity index (χ0n) is 15.9. The number of hydrogen-bond acceptors (Lipinski definition) is 3. The number of benzene rings is 2. The van der Waals surface area contributed by atoms with Crippen molar-refractivity contribution in [2.24, 2.45) is 5.92 Å². The van der Waals surface area contributed by atoms with E-state index in [1.165, 1.54) is 0 Å². The lowest BCUT2D eigenvalue weighted by Gasteiger charge is -2.18. The van der Waals surface area contributed by atoms with Crippen LogP contribution in [0, 0.1) is 12.8 Å². The van der Waals surface area contributed by atoms with Crippen molar-refractivity contribution < 1.29 is 14.4 Å². The van der Waals surface area contributed by atoms with Gasteiger partial charge in [-0.25, -0.2) is 0 Å². The number of amides is 3. The van der Waals surface area contributed by atoms with Crippen LogP contribution in [0.25, 0.3) is 0 Å². The van der Waals surface area contributed by atoms with Crippen molar-refractivity contribution in [3.8, 4) is 0 Å². The van der Waals surface area contributed by atoms with Crippen molar-refractivity contribution in [3.63, 3.8) is 0 Å². The van der Waals surface area contributed by atoms with Crippen LogP contribution >= 0.6 is 0 Å². The highest BCUT2D eigenvalue weighted by Crippen LogP contribution is 2.28. The molecule has 6 nitrogen and oxygen atoms in total. The zero-order valence-corrected chi connectivity index (χ0v) is 15.9. The number of aryl methyl sites for hydroxylation is 1. The first-order valence-electron chi connectivity index (χ1n) is 9.59. The molecule has 0 bridgehead atoms. The molecule has 1 unspecified atom stereocenters. The lowest BCUT2D eigenvalue weighted by atomic mass is 10.1. The molecule has 2 heterocycles. The number of hydrogen-bond donors (Lipinski definition) is 1. The second-order valence-electron chi connectivity index (χ2n) is 7.43. The van der Waals surface area contributed by atoms with Crippen LogP contribution in [0.5, 0.6) is 0 Å². The SMILES string of the molecule is Cc1ccc(N2CC(C(=O)Nc3cccc(N4CCCC4=O)c3)CC2=O)cc1. The van der Waals surface area contributed by atoms with E-state index in [1.807, 2.05) is 49.4 Å². The van der Waals surface area contributed by atoms with Crippen LogP contribution < -0.4 is 15.1 Å². The maximum atomic E-state index is 12.7. The predicted octanol–water partition coefficient (Wildman–Crippen LogP) is 3.11. The summed E-state index contributed by atoms with van der Waals surface area (Å²) in [6, 6.07) is 15.1. The third kappa shape index (κ3) is 3.63. The van der Waals surface area contributed by atoms with Crippen molar-refractivity contribution in [1.82, 2.24) is 0 Å². The average Bonchev–Trinajstić information content (AvgIpc) is 3.28. The highest BCUT2D eigenvalue weighted by atomic mass is 16.2. The Morgan fingerprint density at radius 1 is 1.00 bits per heavy atom. The van der Waals surface area contributed by atoms with Crippen molar-refractivity contribution in [2.45, 2.75) is 26.2 Å². The summed E-state index contributed by atoms with van der Waals surface area (Å²) in [5.74, 6) is -0.502. The van der Waals surface area contributed by atoms with E-state index in [-0.39, 0.29) is 24.1 Å². The molecule has 0 aliphatic carbocycles. The molecule has 2 aliphatic heterocycles. The third-order valence-electron chi connectivity index (χ3n) is 5.34. The molecular weight excluding hydrogens is 354 g/mol. The van der Waals surface area contributed by atoms with Gasteiger partial charge in [-0.1, -0.05) is 23.8 Å². The Hall–Kier alpha value is -3.15. The van der Waals surface area contributed by atoms with Gasteiger partial charge in [-0.2, -0.15) is 0 Å². The van der Waals surface area contributed by atoms with Gasteiger partial charge in [0.25, 0.3) is 0 Å². The van der Waals surface area contributed by atoms with E-state index in [1.54, 1.807) is 15.9 Å². The minimum Gasteiger partial charge on any atom is -0.326 e. The Bertz CT molecular complexity index is 923. The summed E-state index contributed by atoms with van der Waals surface area (Å²) in [6.45, 7) is 3.08. The van der Waals surface area contributed by atoms with Crippen LogP contribution in [0.4, 0.5) is 17.1 Å². The van der Waals surface area contributed by atoms with Gasteiger partial charge in [-0.15, -0.1) is 0 Å². The molecule has 0 saturated carbocycles. The summed E-state index contributed by atoms with van der Waals surface area (Å²) < 4.78 is 0. The normalized spacial score (nSPS) is 19.4. The molecule has 0 aromatic heterocycles. The van der Waals surface area contributed by atoms with E-state index >= 15 is 0 Å². The van der Waals surface area contributed by atoms with Gasteiger partial charge < -0.3 is 15.1 Å². The largest absolute Gasteiger partial charge is 0.326 e. The van der Waals surface area contributed by atoms with E-state index in [0.717, 1.165) is 23.4 Å². The molecule has 2 fully saturated rings. The lowest BCUT2D eigenvalue weighted by molar-refractivity contribution is -0.122. The van der Waals surface area contributed by atoms with Gasteiger partial charge in [0.05, 0.1) is 5.92 Å². The van der Waals surface area contributed by atoms with Crippen LogP contribution in [0.1, 0.15) is 24.8 Å². The van der Waals surface area contributed by atoms with E-state index in [4.69, 9.17) is 0 Å². The van der Waals surface area contributed by atoms with Gasteiger partial charge in [0, 0.05) is 43.0 Å².